The molecule has 0 amide bonds. The molecule has 212 valence electrons. The summed E-state index contributed by atoms with van der Waals surface area (Å²) < 4.78 is 24.6. The lowest BCUT2D eigenvalue weighted by molar-refractivity contribution is -0.272. The largest absolute Gasteiger partial charge is 0.459 e. The number of carbonyl (C=O) groups is 3. The maximum Gasteiger partial charge on any atom is 0.303 e. The summed E-state index contributed by atoms with van der Waals surface area (Å²) in [4.78, 5) is 38.1. The van der Waals surface area contributed by atoms with Crippen LogP contribution in [0, 0.1) is 52.3 Å². The predicted molar refractivity (Wildman–Crippen MR) is 139 cm³/mol. The Labute approximate surface area is 227 Å². The van der Waals surface area contributed by atoms with Crippen LogP contribution in [0.5, 0.6) is 0 Å². The molecule has 7 heteroatoms. The first-order chi connectivity index (χ1) is 17.9. The SMILES string of the molecule is CC(=O)OC1CC2CCC3C(CC(=O)C4(C)C3CC3OC5(CCC(C)CO5)C(C)C34)C2(C)CC1OC(C)=O. The molecule has 4 saturated carbocycles. The number of hydrogen-bond acceptors (Lipinski definition) is 7. The summed E-state index contributed by atoms with van der Waals surface area (Å²) in [6.07, 6.45) is 6.23. The molecule has 0 radical (unpaired) electrons. The summed E-state index contributed by atoms with van der Waals surface area (Å²) in [6.45, 7) is 12.6. The van der Waals surface area contributed by atoms with Gasteiger partial charge >= 0.3 is 11.9 Å². The van der Waals surface area contributed by atoms with Gasteiger partial charge in [-0.2, -0.15) is 0 Å². The lowest BCUT2D eigenvalue weighted by Crippen LogP contribution is -2.60. The average Bonchev–Trinajstić information content (AvgIpc) is 3.28. The van der Waals surface area contributed by atoms with E-state index in [1.165, 1.54) is 13.8 Å². The van der Waals surface area contributed by atoms with Crippen molar-refractivity contribution in [1.29, 1.82) is 0 Å². The number of ketones is 1. The molecule has 0 bridgehead atoms. The smallest absolute Gasteiger partial charge is 0.303 e. The molecule has 13 atom stereocenters. The quantitative estimate of drug-likeness (QED) is 0.460. The summed E-state index contributed by atoms with van der Waals surface area (Å²) in [5.74, 6) is 1.49. The van der Waals surface area contributed by atoms with Crippen molar-refractivity contribution < 1.29 is 33.3 Å². The molecule has 38 heavy (non-hydrogen) atoms. The number of rotatable bonds is 2. The van der Waals surface area contributed by atoms with Crippen LogP contribution in [0.4, 0.5) is 0 Å². The molecule has 2 aliphatic heterocycles. The highest BCUT2D eigenvalue weighted by Gasteiger charge is 2.72. The molecular weight excluding hydrogens is 484 g/mol. The van der Waals surface area contributed by atoms with E-state index in [0.717, 1.165) is 38.7 Å². The fourth-order valence-corrected chi connectivity index (χ4v) is 10.6. The predicted octanol–water partition coefficient (Wildman–Crippen LogP) is 5.09. The molecule has 13 unspecified atom stereocenters. The van der Waals surface area contributed by atoms with Crippen molar-refractivity contribution in [3.8, 4) is 0 Å². The van der Waals surface area contributed by atoms with Crippen molar-refractivity contribution in [2.45, 2.75) is 117 Å². The topological polar surface area (TPSA) is 88.1 Å². The first kappa shape index (κ1) is 26.7. The highest BCUT2D eigenvalue weighted by atomic mass is 16.7. The number of hydrogen-bond donors (Lipinski definition) is 0. The second kappa shape index (κ2) is 9.02. The molecular formula is C31H46O7. The van der Waals surface area contributed by atoms with Crippen LogP contribution in [0.3, 0.4) is 0 Å². The van der Waals surface area contributed by atoms with Crippen LogP contribution in [0.2, 0.25) is 0 Å². The third kappa shape index (κ3) is 3.77. The van der Waals surface area contributed by atoms with E-state index in [4.69, 9.17) is 18.9 Å². The highest BCUT2D eigenvalue weighted by Crippen LogP contribution is 2.70. The van der Waals surface area contributed by atoms with Crippen LogP contribution in [-0.4, -0.2) is 48.4 Å². The van der Waals surface area contributed by atoms with Gasteiger partial charge in [0.25, 0.3) is 0 Å². The van der Waals surface area contributed by atoms with Crippen LogP contribution in [0.25, 0.3) is 0 Å². The van der Waals surface area contributed by atoms with E-state index in [2.05, 4.69) is 27.7 Å². The van der Waals surface area contributed by atoms with Gasteiger partial charge in [0.05, 0.1) is 12.7 Å². The average molecular weight is 531 g/mol. The molecule has 1 spiro atoms. The molecule has 0 aromatic heterocycles. The molecule has 0 aromatic carbocycles. The highest BCUT2D eigenvalue weighted by molar-refractivity contribution is 5.87. The molecule has 2 saturated heterocycles. The van der Waals surface area contributed by atoms with Crippen LogP contribution < -0.4 is 0 Å². The minimum Gasteiger partial charge on any atom is -0.459 e. The van der Waals surface area contributed by atoms with Crippen molar-refractivity contribution in [3.63, 3.8) is 0 Å². The van der Waals surface area contributed by atoms with E-state index in [1.54, 1.807) is 0 Å². The third-order valence-electron chi connectivity index (χ3n) is 12.4. The lowest BCUT2D eigenvalue weighted by atomic mass is 9.43. The molecule has 7 nitrogen and oxygen atoms in total. The fourth-order valence-electron chi connectivity index (χ4n) is 10.6. The van der Waals surface area contributed by atoms with Gasteiger partial charge in [0, 0.05) is 43.9 Å². The minimum absolute atomic E-state index is 0.0788. The van der Waals surface area contributed by atoms with Gasteiger partial charge in [-0.1, -0.05) is 27.7 Å². The van der Waals surface area contributed by atoms with Crippen LogP contribution in [-0.2, 0) is 33.3 Å². The molecule has 6 aliphatic rings. The van der Waals surface area contributed by atoms with Gasteiger partial charge in [0.1, 0.15) is 18.0 Å². The second-order valence-corrected chi connectivity index (χ2v) is 14.3. The lowest BCUT2D eigenvalue weighted by Gasteiger charge is -2.61. The number of Topliss-reactive ketones (excluding diaryl/α,β-unsaturated/α-hetero) is 1. The number of fused-ring (bicyclic) bond motifs is 7. The zero-order valence-corrected chi connectivity index (χ0v) is 24.0. The summed E-state index contributed by atoms with van der Waals surface area (Å²) in [5, 5.41) is 0. The zero-order valence-electron chi connectivity index (χ0n) is 24.0. The van der Waals surface area contributed by atoms with E-state index in [-0.39, 0.29) is 46.6 Å². The Hall–Kier alpha value is -1.47. The second-order valence-electron chi connectivity index (χ2n) is 14.3. The maximum absolute atomic E-state index is 14.3. The van der Waals surface area contributed by atoms with Gasteiger partial charge in [0.15, 0.2) is 5.79 Å². The number of carbonyl (C=O) groups excluding carboxylic acids is 3. The van der Waals surface area contributed by atoms with Crippen molar-refractivity contribution >= 4 is 17.7 Å². The summed E-state index contributed by atoms with van der Waals surface area (Å²) in [5.41, 5.74) is -0.515. The molecule has 0 aromatic rings. The Morgan fingerprint density at radius 1 is 0.947 bits per heavy atom. The Kier molecular flexibility index (Phi) is 6.35. The van der Waals surface area contributed by atoms with Gasteiger partial charge < -0.3 is 18.9 Å². The van der Waals surface area contributed by atoms with Gasteiger partial charge in [0.2, 0.25) is 0 Å². The van der Waals surface area contributed by atoms with Crippen molar-refractivity contribution in [1.82, 2.24) is 0 Å². The van der Waals surface area contributed by atoms with E-state index in [0.29, 0.717) is 48.7 Å². The fraction of sp³-hybridized carbons (Fsp3) is 0.903. The van der Waals surface area contributed by atoms with Crippen molar-refractivity contribution in [3.05, 3.63) is 0 Å². The molecule has 6 rings (SSSR count). The summed E-state index contributed by atoms with van der Waals surface area (Å²) >= 11 is 0. The molecule has 6 fully saturated rings. The Balaban J connectivity index is 1.27. The van der Waals surface area contributed by atoms with Crippen molar-refractivity contribution in [2.75, 3.05) is 6.61 Å². The van der Waals surface area contributed by atoms with Crippen molar-refractivity contribution in [2.24, 2.45) is 52.3 Å². The van der Waals surface area contributed by atoms with Crippen LogP contribution in [0.1, 0.15) is 92.9 Å². The standard InChI is InChI=1S/C31H46O7/c1-16-9-10-31(35-15-16)17(2)28-25(38-31)12-23-21-8-7-20-11-24(36-18(3)32)26(37-19(4)33)14-29(20,5)22(21)13-27(34)30(23,28)6/h16-17,20-26,28H,7-15H2,1-6H3. The van der Waals surface area contributed by atoms with E-state index in [1.807, 2.05) is 0 Å². The third-order valence-corrected chi connectivity index (χ3v) is 12.4. The molecule has 0 N–H and O–H groups in total. The Bertz CT molecular complexity index is 1000. The minimum atomic E-state index is -0.525. The normalized spacial score (nSPS) is 53.5. The summed E-state index contributed by atoms with van der Waals surface area (Å²) in [7, 11) is 0. The summed E-state index contributed by atoms with van der Waals surface area (Å²) in [6, 6.07) is 0. The van der Waals surface area contributed by atoms with E-state index >= 15 is 0 Å². The number of ether oxygens (including phenoxy) is 4. The maximum atomic E-state index is 14.3. The van der Waals surface area contributed by atoms with E-state index < -0.39 is 18.0 Å². The van der Waals surface area contributed by atoms with Gasteiger partial charge in [-0.15, -0.1) is 0 Å². The first-order valence-corrected chi connectivity index (χ1v) is 15.1. The van der Waals surface area contributed by atoms with Gasteiger partial charge in [-0.05, 0) is 73.5 Å². The van der Waals surface area contributed by atoms with Crippen LogP contribution in [0.15, 0.2) is 0 Å². The Morgan fingerprint density at radius 3 is 2.32 bits per heavy atom. The van der Waals surface area contributed by atoms with Gasteiger partial charge in [-0.25, -0.2) is 0 Å². The van der Waals surface area contributed by atoms with E-state index in [9.17, 15) is 14.4 Å². The van der Waals surface area contributed by atoms with Gasteiger partial charge in [-0.3, -0.25) is 14.4 Å². The number of esters is 2. The molecule has 2 heterocycles. The van der Waals surface area contributed by atoms with Crippen LogP contribution >= 0.6 is 0 Å². The monoisotopic (exact) mass is 530 g/mol. The Morgan fingerprint density at radius 2 is 1.66 bits per heavy atom. The zero-order chi connectivity index (χ0) is 27.2. The first-order valence-electron chi connectivity index (χ1n) is 15.1. The molecule has 4 aliphatic carbocycles.